The molecule has 0 aromatic carbocycles. The predicted molar refractivity (Wildman–Crippen MR) is 85.2 cm³/mol. The van der Waals surface area contributed by atoms with E-state index >= 15 is 0 Å². The molecule has 0 radical (unpaired) electrons. The monoisotopic (exact) mass is 324 g/mol. The van der Waals surface area contributed by atoms with E-state index in [0.717, 1.165) is 45.1 Å². The number of rotatable bonds is 5. The number of urea groups is 1. The lowest BCUT2D eigenvalue weighted by Gasteiger charge is -2.24. The average Bonchev–Trinajstić information content (AvgIpc) is 3.10. The molecule has 0 bridgehead atoms. The van der Waals surface area contributed by atoms with Crippen LogP contribution in [-0.2, 0) is 9.53 Å². The number of likely N-dealkylation sites (tertiary alicyclic amines) is 1. The van der Waals surface area contributed by atoms with Crippen molar-refractivity contribution in [3.63, 3.8) is 0 Å². The molecule has 3 atom stereocenters. The van der Waals surface area contributed by atoms with Crippen molar-refractivity contribution in [1.29, 1.82) is 0 Å². The van der Waals surface area contributed by atoms with Crippen molar-refractivity contribution < 1.29 is 19.4 Å². The Morgan fingerprint density at radius 1 is 1.26 bits per heavy atom. The second-order valence-electron chi connectivity index (χ2n) is 7.29. The van der Waals surface area contributed by atoms with Crippen LogP contribution in [0.1, 0.15) is 51.4 Å². The third kappa shape index (κ3) is 3.47. The molecule has 130 valence electrons. The minimum Gasteiger partial charge on any atom is -0.481 e. The van der Waals surface area contributed by atoms with Crippen LogP contribution >= 0.6 is 0 Å². The van der Waals surface area contributed by atoms with Crippen molar-refractivity contribution in [3.05, 3.63) is 0 Å². The van der Waals surface area contributed by atoms with Crippen molar-refractivity contribution in [1.82, 2.24) is 10.2 Å². The third-order valence-electron chi connectivity index (χ3n) is 5.84. The number of aliphatic carboxylic acids is 1. The highest BCUT2D eigenvalue weighted by atomic mass is 16.5. The van der Waals surface area contributed by atoms with Crippen LogP contribution in [0.3, 0.4) is 0 Å². The molecule has 2 saturated heterocycles. The van der Waals surface area contributed by atoms with E-state index in [0.29, 0.717) is 32.2 Å². The quantitative estimate of drug-likeness (QED) is 0.760. The highest BCUT2D eigenvalue weighted by Crippen LogP contribution is 2.48. The van der Waals surface area contributed by atoms with E-state index in [4.69, 9.17) is 4.74 Å². The van der Waals surface area contributed by atoms with Gasteiger partial charge >= 0.3 is 12.0 Å². The first kappa shape index (κ1) is 16.6. The predicted octanol–water partition coefficient (Wildman–Crippen LogP) is 2.23. The fraction of sp³-hybridized carbons (Fsp3) is 0.882. The van der Waals surface area contributed by atoms with Gasteiger partial charge in [0.1, 0.15) is 0 Å². The molecule has 2 aliphatic heterocycles. The summed E-state index contributed by atoms with van der Waals surface area (Å²) in [6.07, 6.45) is 8.38. The average molecular weight is 324 g/mol. The summed E-state index contributed by atoms with van der Waals surface area (Å²) in [5.74, 6) is -0.605. The molecule has 3 rings (SSSR count). The second-order valence-corrected chi connectivity index (χ2v) is 7.29. The van der Waals surface area contributed by atoms with Gasteiger partial charge in [-0.05, 0) is 50.9 Å². The highest BCUT2D eigenvalue weighted by molar-refractivity contribution is 5.80. The first-order valence-electron chi connectivity index (χ1n) is 8.99. The Balaban J connectivity index is 1.40. The first-order chi connectivity index (χ1) is 11.1. The molecule has 6 heteroatoms. The number of hydrogen-bond donors (Lipinski definition) is 2. The number of carboxylic acids is 1. The SMILES string of the molecule is O=C(NCCCC1CCCCO1)N1C[C@@H]2CCC[C@@]2(C(=O)O)C1. The van der Waals surface area contributed by atoms with Gasteiger partial charge in [-0.15, -0.1) is 0 Å². The van der Waals surface area contributed by atoms with Gasteiger partial charge in [0.2, 0.25) is 0 Å². The molecule has 2 N–H and O–H groups in total. The molecular formula is C17H28N2O4. The highest BCUT2D eigenvalue weighted by Gasteiger charge is 2.55. The molecule has 3 fully saturated rings. The summed E-state index contributed by atoms with van der Waals surface area (Å²) in [5, 5.41) is 12.5. The topological polar surface area (TPSA) is 78.9 Å². The number of fused-ring (bicyclic) bond motifs is 1. The number of nitrogens with zero attached hydrogens (tertiary/aromatic N) is 1. The van der Waals surface area contributed by atoms with Crippen LogP contribution in [0, 0.1) is 11.3 Å². The third-order valence-corrected chi connectivity index (χ3v) is 5.84. The van der Waals surface area contributed by atoms with Gasteiger partial charge in [0.15, 0.2) is 0 Å². The summed E-state index contributed by atoms with van der Waals surface area (Å²) in [7, 11) is 0. The first-order valence-corrected chi connectivity index (χ1v) is 8.99. The number of nitrogens with one attached hydrogen (secondary N) is 1. The normalized spacial score (nSPS) is 33.5. The van der Waals surface area contributed by atoms with Crippen LogP contribution in [-0.4, -0.2) is 54.4 Å². The van der Waals surface area contributed by atoms with Gasteiger partial charge in [0.25, 0.3) is 0 Å². The summed E-state index contributed by atoms with van der Waals surface area (Å²) >= 11 is 0. The molecule has 1 saturated carbocycles. The van der Waals surface area contributed by atoms with Gasteiger partial charge in [-0.25, -0.2) is 4.79 Å². The summed E-state index contributed by atoms with van der Waals surface area (Å²) in [6, 6.07) is -0.107. The lowest BCUT2D eigenvalue weighted by atomic mass is 9.81. The van der Waals surface area contributed by atoms with Gasteiger partial charge < -0.3 is 20.1 Å². The lowest BCUT2D eigenvalue weighted by molar-refractivity contribution is -0.149. The van der Waals surface area contributed by atoms with Crippen molar-refractivity contribution in [3.8, 4) is 0 Å². The summed E-state index contributed by atoms with van der Waals surface area (Å²) in [4.78, 5) is 25.6. The maximum absolute atomic E-state index is 12.3. The zero-order valence-electron chi connectivity index (χ0n) is 13.8. The molecule has 1 unspecified atom stereocenters. The molecule has 23 heavy (non-hydrogen) atoms. The van der Waals surface area contributed by atoms with Gasteiger partial charge in [-0.3, -0.25) is 4.79 Å². The summed E-state index contributed by atoms with van der Waals surface area (Å²) in [5.41, 5.74) is -0.687. The van der Waals surface area contributed by atoms with E-state index in [2.05, 4.69) is 5.32 Å². The minimum atomic E-state index is -0.732. The Labute approximate surface area is 137 Å². The number of carbonyl (C=O) groups is 2. The number of carbonyl (C=O) groups excluding carboxylic acids is 1. The Morgan fingerprint density at radius 3 is 2.83 bits per heavy atom. The molecule has 0 aromatic heterocycles. The van der Waals surface area contributed by atoms with Crippen molar-refractivity contribution >= 4 is 12.0 Å². The van der Waals surface area contributed by atoms with E-state index in [1.54, 1.807) is 4.90 Å². The van der Waals surface area contributed by atoms with Gasteiger partial charge in [-0.2, -0.15) is 0 Å². The van der Waals surface area contributed by atoms with Crippen LogP contribution in [0.4, 0.5) is 4.79 Å². The number of carboxylic acid groups (broad SMARTS) is 1. The van der Waals surface area contributed by atoms with Crippen LogP contribution in [0.25, 0.3) is 0 Å². The smallest absolute Gasteiger partial charge is 0.317 e. The van der Waals surface area contributed by atoms with Crippen LogP contribution < -0.4 is 5.32 Å². The van der Waals surface area contributed by atoms with E-state index in [9.17, 15) is 14.7 Å². The fourth-order valence-electron chi connectivity index (χ4n) is 4.47. The fourth-order valence-corrected chi connectivity index (χ4v) is 4.47. The summed E-state index contributed by atoms with van der Waals surface area (Å²) < 4.78 is 5.69. The van der Waals surface area contributed by atoms with E-state index in [1.807, 2.05) is 0 Å². The summed E-state index contributed by atoms with van der Waals surface area (Å²) in [6.45, 7) is 2.46. The minimum absolute atomic E-state index is 0.107. The molecule has 2 amide bonds. The zero-order chi connectivity index (χ0) is 16.3. The van der Waals surface area contributed by atoms with Crippen molar-refractivity contribution in [2.75, 3.05) is 26.2 Å². The molecule has 0 aromatic rings. The maximum Gasteiger partial charge on any atom is 0.317 e. The van der Waals surface area contributed by atoms with Crippen LogP contribution in [0.15, 0.2) is 0 Å². The Morgan fingerprint density at radius 2 is 2.13 bits per heavy atom. The standard InChI is InChI=1S/C17H28N2O4/c20-15(21)17-8-3-5-13(17)11-19(12-17)16(22)18-9-4-7-14-6-1-2-10-23-14/h13-14H,1-12H2,(H,18,22)(H,20,21)/t13-,14?,17+/m0/s1. The molecule has 0 spiro atoms. The maximum atomic E-state index is 12.3. The largest absolute Gasteiger partial charge is 0.481 e. The van der Waals surface area contributed by atoms with E-state index in [1.165, 1.54) is 6.42 Å². The molecule has 1 aliphatic carbocycles. The van der Waals surface area contributed by atoms with Crippen molar-refractivity contribution in [2.45, 2.75) is 57.5 Å². The molecule has 6 nitrogen and oxygen atoms in total. The Bertz CT molecular complexity index is 450. The van der Waals surface area contributed by atoms with Crippen molar-refractivity contribution in [2.24, 2.45) is 11.3 Å². The zero-order valence-corrected chi connectivity index (χ0v) is 13.8. The van der Waals surface area contributed by atoms with E-state index < -0.39 is 11.4 Å². The van der Waals surface area contributed by atoms with Crippen LogP contribution in [0.2, 0.25) is 0 Å². The number of ether oxygens (including phenoxy) is 1. The number of hydrogen-bond acceptors (Lipinski definition) is 3. The molecular weight excluding hydrogens is 296 g/mol. The Kier molecular flexibility index (Phi) is 5.09. The van der Waals surface area contributed by atoms with Gasteiger partial charge in [0.05, 0.1) is 11.5 Å². The second kappa shape index (κ2) is 7.07. The van der Waals surface area contributed by atoms with Gasteiger partial charge in [-0.1, -0.05) is 6.42 Å². The van der Waals surface area contributed by atoms with Crippen LogP contribution in [0.5, 0.6) is 0 Å². The molecule has 3 aliphatic rings. The van der Waals surface area contributed by atoms with Gasteiger partial charge in [0, 0.05) is 26.2 Å². The van der Waals surface area contributed by atoms with E-state index in [-0.39, 0.29) is 11.9 Å². The molecule has 2 heterocycles. The lowest BCUT2D eigenvalue weighted by Crippen LogP contribution is -2.42. The number of amides is 2. The Hall–Kier alpha value is -1.30.